The van der Waals surface area contributed by atoms with Gasteiger partial charge in [-0.05, 0) is 23.8 Å². The second kappa shape index (κ2) is 6.68. The standard InChI is InChI=1S/C19H18N4O2/c1-24-15-7-8-16-14(9-15)11-20-17-18(22-12-23-19(17)25-16)21-10-13-5-3-2-4-6-13/h2-9,12,20H,10-11H2,1H3,(H,21,22,23). The second-order valence-corrected chi connectivity index (χ2v) is 5.67. The molecule has 25 heavy (non-hydrogen) atoms. The van der Waals surface area contributed by atoms with Crippen LogP contribution in [0, 0.1) is 0 Å². The van der Waals surface area contributed by atoms with E-state index in [0.29, 0.717) is 24.8 Å². The molecular formula is C19H18N4O2. The van der Waals surface area contributed by atoms with Crippen LogP contribution in [-0.2, 0) is 13.1 Å². The molecule has 2 heterocycles. The molecule has 2 aromatic carbocycles. The Bertz CT molecular complexity index is 884. The van der Waals surface area contributed by atoms with Crippen LogP contribution >= 0.6 is 0 Å². The maximum Gasteiger partial charge on any atom is 0.248 e. The van der Waals surface area contributed by atoms with Gasteiger partial charge >= 0.3 is 0 Å². The SMILES string of the molecule is COc1ccc2c(c1)CNc1c(NCc3ccccc3)ncnc1O2. The highest BCUT2D eigenvalue weighted by molar-refractivity contribution is 5.71. The maximum absolute atomic E-state index is 5.99. The first-order chi connectivity index (χ1) is 12.3. The Morgan fingerprint density at radius 1 is 1.16 bits per heavy atom. The minimum Gasteiger partial charge on any atom is -0.497 e. The van der Waals surface area contributed by atoms with Crippen molar-refractivity contribution in [2.45, 2.75) is 13.1 Å². The van der Waals surface area contributed by atoms with Crippen molar-refractivity contribution in [1.29, 1.82) is 0 Å². The number of fused-ring (bicyclic) bond motifs is 2. The molecule has 2 N–H and O–H groups in total. The third-order valence-electron chi connectivity index (χ3n) is 4.05. The molecule has 1 aliphatic heterocycles. The Morgan fingerprint density at radius 2 is 2.04 bits per heavy atom. The number of ether oxygens (including phenoxy) is 2. The zero-order chi connectivity index (χ0) is 17.1. The molecule has 0 spiro atoms. The van der Waals surface area contributed by atoms with Gasteiger partial charge in [-0.1, -0.05) is 30.3 Å². The minimum atomic E-state index is 0.509. The lowest BCUT2D eigenvalue weighted by atomic mass is 10.2. The first-order valence-corrected chi connectivity index (χ1v) is 8.05. The largest absolute Gasteiger partial charge is 0.497 e. The zero-order valence-corrected chi connectivity index (χ0v) is 13.8. The van der Waals surface area contributed by atoms with Gasteiger partial charge in [-0.3, -0.25) is 0 Å². The van der Waals surface area contributed by atoms with E-state index in [1.165, 1.54) is 11.9 Å². The van der Waals surface area contributed by atoms with E-state index in [2.05, 4.69) is 32.7 Å². The predicted molar refractivity (Wildman–Crippen MR) is 96.2 cm³/mol. The summed E-state index contributed by atoms with van der Waals surface area (Å²) in [6.07, 6.45) is 1.50. The van der Waals surface area contributed by atoms with Gasteiger partial charge < -0.3 is 20.1 Å². The topological polar surface area (TPSA) is 68.3 Å². The number of nitrogens with zero attached hydrogens (tertiary/aromatic N) is 2. The normalized spacial score (nSPS) is 12.0. The van der Waals surface area contributed by atoms with Crippen LogP contribution in [0.5, 0.6) is 17.4 Å². The molecule has 126 valence electrons. The summed E-state index contributed by atoms with van der Waals surface area (Å²) < 4.78 is 11.3. The van der Waals surface area contributed by atoms with Gasteiger partial charge in [0, 0.05) is 18.7 Å². The molecule has 0 saturated carbocycles. The molecule has 0 unspecified atom stereocenters. The van der Waals surface area contributed by atoms with E-state index in [1.807, 2.05) is 36.4 Å². The summed E-state index contributed by atoms with van der Waals surface area (Å²) in [6, 6.07) is 15.9. The summed E-state index contributed by atoms with van der Waals surface area (Å²) in [5, 5.41) is 6.72. The smallest absolute Gasteiger partial charge is 0.248 e. The van der Waals surface area contributed by atoms with Crippen molar-refractivity contribution in [3.63, 3.8) is 0 Å². The average molecular weight is 334 g/mol. The number of anilines is 2. The van der Waals surface area contributed by atoms with Gasteiger partial charge in [0.15, 0.2) is 5.82 Å². The quantitative estimate of drug-likeness (QED) is 0.756. The molecule has 6 heteroatoms. The number of benzene rings is 2. The fourth-order valence-corrected chi connectivity index (χ4v) is 2.73. The van der Waals surface area contributed by atoms with Gasteiger partial charge in [0.2, 0.25) is 5.88 Å². The highest BCUT2D eigenvalue weighted by Crippen LogP contribution is 2.38. The molecule has 6 nitrogen and oxygen atoms in total. The maximum atomic E-state index is 5.99. The fraction of sp³-hybridized carbons (Fsp3) is 0.158. The van der Waals surface area contributed by atoms with Crippen molar-refractivity contribution in [3.05, 3.63) is 66.0 Å². The fourth-order valence-electron chi connectivity index (χ4n) is 2.73. The van der Waals surface area contributed by atoms with Gasteiger partial charge in [-0.25, -0.2) is 4.98 Å². The first-order valence-electron chi connectivity index (χ1n) is 8.05. The van der Waals surface area contributed by atoms with E-state index in [1.54, 1.807) is 7.11 Å². The van der Waals surface area contributed by atoms with Gasteiger partial charge in [0.1, 0.15) is 23.5 Å². The third-order valence-corrected chi connectivity index (χ3v) is 4.05. The van der Waals surface area contributed by atoms with Gasteiger partial charge in [0.05, 0.1) is 7.11 Å². The second-order valence-electron chi connectivity index (χ2n) is 5.67. The lowest BCUT2D eigenvalue weighted by Gasteiger charge is -2.12. The van der Waals surface area contributed by atoms with Crippen molar-refractivity contribution in [2.75, 3.05) is 17.7 Å². The number of nitrogens with one attached hydrogen (secondary N) is 2. The van der Waals surface area contributed by atoms with Crippen LogP contribution in [0.3, 0.4) is 0 Å². The molecular weight excluding hydrogens is 316 g/mol. The summed E-state index contributed by atoms with van der Waals surface area (Å²) in [4.78, 5) is 8.63. The molecule has 0 saturated heterocycles. The van der Waals surface area contributed by atoms with E-state index in [0.717, 1.165) is 22.7 Å². The third kappa shape index (κ3) is 3.19. The molecule has 0 atom stereocenters. The lowest BCUT2D eigenvalue weighted by molar-refractivity contribution is 0.411. The number of rotatable bonds is 4. The molecule has 1 aliphatic rings. The van der Waals surface area contributed by atoms with Crippen LogP contribution in [0.1, 0.15) is 11.1 Å². The molecule has 0 aliphatic carbocycles. The van der Waals surface area contributed by atoms with Crippen LogP contribution in [-0.4, -0.2) is 17.1 Å². The molecule has 1 aromatic heterocycles. The number of hydrogen-bond acceptors (Lipinski definition) is 6. The van der Waals surface area contributed by atoms with E-state index in [9.17, 15) is 0 Å². The van der Waals surface area contributed by atoms with Crippen molar-refractivity contribution in [3.8, 4) is 17.4 Å². The van der Waals surface area contributed by atoms with E-state index >= 15 is 0 Å². The van der Waals surface area contributed by atoms with E-state index in [4.69, 9.17) is 9.47 Å². The summed E-state index contributed by atoms with van der Waals surface area (Å²) in [7, 11) is 1.65. The Hall–Kier alpha value is -3.28. The van der Waals surface area contributed by atoms with Crippen LogP contribution in [0.15, 0.2) is 54.9 Å². The number of hydrogen-bond donors (Lipinski definition) is 2. The predicted octanol–water partition coefficient (Wildman–Crippen LogP) is 3.82. The van der Waals surface area contributed by atoms with Crippen LogP contribution in [0.4, 0.5) is 11.5 Å². The highest BCUT2D eigenvalue weighted by atomic mass is 16.5. The summed E-state index contributed by atoms with van der Waals surface area (Å²) in [6.45, 7) is 1.28. The Kier molecular flexibility index (Phi) is 4.08. The summed E-state index contributed by atoms with van der Waals surface area (Å²) in [5.41, 5.74) is 2.94. The van der Waals surface area contributed by atoms with Crippen molar-refractivity contribution in [2.24, 2.45) is 0 Å². The van der Waals surface area contributed by atoms with Crippen LogP contribution in [0.2, 0.25) is 0 Å². The first kappa shape index (κ1) is 15.3. The Morgan fingerprint density at radius 3 is 2.88 bits per heavy atom. The Balaban J connectivity index is 1.59. The van der Waals surface area contributed by atoms with Gasteiger partial charge in [0.25, 0.3) is 0 Å². The average Bonchev–Trinajstić information content (AvgIpc) is 2.86. The van der Waals surface area contributed by atoms with Crippen LogP contribution in [0.25, 0.3) is 0 Å². The summed E-state index contributed by atoms with van der Waals surface area (Å²) >= 11 is 0. The van der Waals surface area contributed by atoms with E-state index in [-0.39, 0.29) is 0 Å². The van der Waals surface area contributed by atoms with Crippen LogP contribution < -0.4 is 20.1 Å². The van der Waals surface area contributed by atoms with Crippen molar-refractivity contribution < 1.29 is 9.47 Å². The summed E-state index contributed by atoms with van der Waals surface area (Å²) in [5.74, 6) is 2.78. The van der Waals surface area contributed by atoms with Gasteiger partial charge in [-0.15, -0.1) is 0 Å². The lowest BCUT2D eigenvalue weighted by Crippen LogP contribution is -2.07. The molecule has 0 bridgehead atoms. The molecule has 4 rings (SSSR count). The minimum absolute atomic E-state index is 0.509. The number of aromatic nitrogens is 2. The molecule has 0 fully saturated rings. The molecule has 3 aromatic rings. The van der Waals surface area contributed by atoms with Crippen molar-refractivity contribution >= 4 is 11.5 Å². The van der Waals surface area contributed by atoms with Crippen molar-refractivity contribution in [1.82, 2.24) is 9.97 Å². The Labute approximate surface area is 145 Å². The molecule has 0 amide bonds. The number of methoxy groups -OCH3 is 1. The monoisotopic (exact) mass is 334 g/mol. The molecule has 0 radical (unpaired) electrons. The highest BCUT2D eigenvalue weighted by Gasteiger charge is 2.19. The zero-order valence-electron chi connectivity index (χ0n) is 13.8. The van der Waals surface area contributed by atoms with E-state index < -0.39 is 0 Å². The van der Waals surface area contributed by atoms with Gasteiger partial charge in [-0.2, -0.15) is 4.98 Å².